The van der Waals surface area contributed by atoms with Crippen LogP contribution in [0.5, 0.6) is 0 Å². The predicted molar refractivity (Wildman–Crippen MR) is 83.5 cm³/mol. The molecule has 0 heterocycles. The van der Waals surface area contributed by atoms with Crippen molar-refractivity contribution in [3.63, 3.8) is 0 Å². The van der Waals surface area contributed by atoms with E-state index in [-0.39, 0.29) is 6.61 Å². The number of hydrogen-bond acceptors (Lipinski definition) is 2. The first kappa shape index (κ1) is 14.8. The fraction of sp³-hybridized carbons (Fsp3) is 0.333. The van der Waals surface area contributed by atoms with E-state index in [9.17, 15) is 5.11 Å². The summed E-state index contributed by atoms with van der Waals surface area (Å²) >= 11 is 0. The minimum Gasteiger partial charge on any atom is -0.394 e. The summed E-state index contributed by atoms with van der Waals surface area (Å²) in [4.78, 5) is 0. The van der Waals surface area contributed by atoms with Crippen molar-refractivity contribution < 1.29 is 5.11 Å². The van der Waals surface area contributed by atoms with Gasteiger partial charge in [0.05, 0.1) is 12.1 Å². The van der Waals surface area contributed by atoms with Gasteiger partial charge in [-0.15, -0.1) is 0 Å². The molecule has 0 saturated carbocycles. The van der Waals surface area contributed by atoms with Gasteiger partial charge in [0.15, 0.2) is 0 Å². The van der Waals surface area contributed by atoms with Crippen LogP contribution in [0.15, 0.2) is 54.6 Å². The number of hydrogen-bond donors (Lipinski definition) is 2. The summed E-state index contributed by atoms with van der Waals surface area (Å²) in [6, 6.07) is 18.7. The van der Waals surface area contributed by atoms with Gasteiger partial charge in [-0.1, -0.05) is 61.5 Å². The molecule has 1 unspecified atom stereocenters. The molecule has 20 heavy (non-hydrogen) atoms. The van der Waals surface area contributed by atoms with Crippen molar-refractivity contribution in [1.82, 2.24) is 5.32 Å². The van der Waals surface area contributed by atoms with Gasteiger partial charge in [0.25, 0.3) is 0 Å². The largest absolute Gasteiger partial charge is 0.394 e. The third kappa shape index (κ3) is 3.47. The number of rotatable bonds is 6. The Morgan fingerprint density at radius 1 is 0.950 bits per heavy atom. The van der Waals surface area contributed by atoms with Crippen LogP contribution in [0, 0.1) is 0 Å². The second-order valence-corrected chi connectivity index (χ2v) is 5.38. The monoisotopic (exact) mass is 269 g/mol. The summed E-state index contributed by atoms with van der Waals surface area (Å²) in [6.45, 7) is 5.01. The molecule has 2 heteroatoms. The van der Waals surface area contributed by atoms with Crippen LogP contribution in [-0.2, 0) is 18.5 Å². The highest BCUT2D eigenvalue weighted by atomic mass is 16.3. The van der Waals surface area contributed by atoms with Crippen LogP contribution in [0.2, 0.25) is 0 Å². The zero-order valence-corrected chi connectivity index (χ0v) is 12.3. The number of aliphatic hydroxyl groups is 1. The lowest BCUT2D eigenvalue weighted by Crippen LogP contribution is -2.42. The number of aliphatic hydroxyl groups excluding tert-OH is 1. The van der Waals surface area contributed by atoms with Gasteiger partial charge >= 0.3 is 0 Å². The molecular weight excluding hydrogens is 246 g/mol. The van der Waals surface area contributed by atoms with Gasteiger partial charge in [0.2, 0.25) is 0 Å². The normalized spacial score (nSPS) is 13.9. The summed E-state index contributed by atoms with van der Waals surface area (Å²) in [5, 5.41) is 13.2. The molecule has 0 bridgehead atoms. The van der Waals surface area contributed by atoms with E-state index in [4.69, 9.17) is 0 Å². The molecule has 0 saturated heterocycles. The summed E-state index contributed by atoms with van der Waals surface area (Å²) in [5.74, 6) is 0. The summed E-state index contributed by atoms with van der Waals surface area (Å²) in [6.07, 6.45) is 1.06. The molecule has 0 radical (unpaired) electrons. The molecule has 0 aliphatic heterocycles. The minimum absolute atomic E-state index is 0.0735. The average molecular weight is 269 g/mol. The van der Waals surface area contributed by atoms with Crippen LogP contribution >= 0.6 is 0 Å². The van der Waals surface area contributed by atoms with Crippen molar-refractivity contribution in [2.75, 3.05) is 6.61 Å². The van der Waals surface area contributed by atoms with E-state index >= 15 is 0 Å². The average Bonchev–Trinajstić information content (AvgIpc) is 2.54. The molecule has 0 aromatic heterocycles. The zero-order valence-electron chi connectivity index (χ0n) is 12.3. The molecular formula is C18H23NO. The maximum atomic E-state index is 9.74. The smallest absolute Gasteiger partial charge is 0.0652 e. The van der Waals surface area contributed by atoms with Crippen LogP contribution in [-0.4, -0.2) is 11.7 Å². The molecule has 0 aliphatic rings. The Morgan fingerprint density at radius 2 is 1.55 bits per heavy atom. The zero-order chi connectivity index (χ0) is 14.4. The highest BCUT2D eigenvalue weighted by molar-refractivity contribution is 5.26. The molecule has 2 nitrogen and oxygen atoms in total. The fourth-order valence-electron chi connectivity index (χ4n) is 2.25. The number of aryl methyl sites for hydroxylation is 1. The van der Waals surface area contributed by atoms with Gasteiger partial charge in [-0.25, -0.2) is 0 Å². The summed E-state index contributed by atoms with van der Waals surface area (Å²) in [7, 11) is 0. The van der Waals surface area contributed by atoms with Crippen LogP contribution in [0.4, 0.5) is 0 Å². The van der Waals surface area contributed by atoms with E-state index in [1.165, 1.54) is 11.1 Å². The topological polar surface area (TPSA) is 32.3 Å². The van der Waals surface area contributed by atoms with Crippen molar-refractivity contribution in [2.45, 2.75) is 32.4 Å². The Labute approximate surface area is 121 Å². The summed E-state index contributed by atoms with van der Waals surface area (Å²) in [5.41, 5.74) is 3.28. The minimum atomic E-state index is -0.412. The van der Waals surface area contributed by atoms with E-state index in [1.807, 2.05) is 37.3 Å². The molecule has 0 spiro atoms. The van der Waals surface area contributed by atoms with Gasteiger partial charge in [-0.2, -0.15) is 0 Å². The van der Waals surface area contributed by atoms with Crippen LogP contribution < -0.4 is 5.32 Å². The third-order valence-corrected chi connectivity index (χ3v) is 3.84. The van der Waals surface area contributed by atoms with Gasteiger partial charge < -0.3 is 10.4 Å². The van der Waals surface area contributed by atoms with Crippen molar-refractivity contribution in [1.29, 1.82) is 0 Å². The maximum absolute atomic E-state index is 9.74. The van der Waals surface area contributed by atoms with Crippen LogP contribution in [0.25, 0.3) is 0 Å². The second-order valence-electron chi connectivity index (χ2n) is 5.38. The lowest BCUT2D eigenvalue weighted by atomic mass is 9.92. The van der Waals surface area contributed by atoms with Gasteiger partial charge in [-0.3, -0.25) is 0 Å². The number of nitrogens with one attached hydrogen (secondary N) is 1. The predicted octanol–water partition coefficient (Wildman–Crippen LogP) is 3.25. The molecule has 0 amide bonds. The van der Waals surface area contributed by atoms with E-state index < -0.39 is 5.54 Å². The van der Waals surface area contributed by atoms with E-state index in [1.54, 1.807) is 0 Å². The Morgan fingerprint density at radius 3 is 2.10 bits per heavy atom. The van der Waals surface area contributed by atoms with Crippen LogP contribution in [0.3, 0.4) is 0 Å². The Bertz CT molecular complexity index is 521. The molecule has 0 aliphatic carbocycles. The SMILES string of the molecule is CCc1ccc(CNC(C)(CO)c2ccccc2)cc1. The molecule has 2 aromatic carbocycles. The lowest BCUT2D eigenvalue weighted by molar-refractivity contribution is 0.173. The van der Waals surface area contributed by atoms with Crippen molar-refractivity contribution in [2.24, 2.45) is 0 Å². The fourth-order valence-corrected chi connectivity index (χ4v) is 2.25. The van der Waals surface area contributed by atoms with Crippen molar-refractivity contribution in [3.8, 4) is 0 Å². The molecule has 106 valence electrons. The van der Waals surface area contributed by atoms with Crippen LogP contribution in [0.1, 0.15) is 30.5 Å². The Hall–Kier alpha value is -1.64. The maximum Gasteiger partial charge on any atom is 0.0652 e. The lowest BCUT2D eigenvalue weighted by Gasteiger charge is -2.29. The molecule has 1 atom stereocenters. The third-order valence-electron chi connectivity index (χ3n) is 3.84. The number of benzene rings is 2. The first-order valence-corrected chi connectivity index (χ1v) is 7.17. The molecule has 2 N–H and O–H groups in total. The second kappa shape index (κ2) is 6.69. The van der Waals surface area contributed by atoms with E-state index in [2.05, 4.69) is 36.5 Å². The van der Waals surface area contributed by atoms with Crippen molar-refractivity contribution in [3.05, 3.63) is 71.3 Å². The highest BCUT2D eigenvalue weighted by Gasteiger charge is 2.24. The summed E-state index contributed by atoms with van der Waals surface area (Å²) < 4.78 is 0. The molecule has 2 aromatic rings. The molecule has 0 fully saturated rings. The van der Waals surface area contributed by atoms with E-state index in [0.29, 0.717) is 0 Å². The Kier molecular flexibility index (Phi) is 4.94. The van der Waals surface area contributed by atoms with Gasteiger partial charge in [0, 0.05) is 6.54 Å². The van der Waals surface area contributed by atoms with Gasteiger partial charge in [-0.05, 0) is 30.0 Å². The van der Waals surface area contributed by atoms with E-state index in [0.717, 1.165) is 18.5 Å². The quantitative estimate of drug-likeness (QED) is 0.843. The first-order valence-electron chi connectivity index (χ1n) is 7.17. The molecule has 2 rings (SSSR count). The standard InChI is InChI=1S/C18H23NO/c1-3-15-9-11-16(12-10-15)13-19-18(2,14-20)17-7-5-4-6-8-17/h4-12,19-20H,3,13-14H2,1-2H3. The van der Waals surface area contributed by atoms with Gasteiger partial charge in [0.1, 0.15) is 0 Å². The van der Waals surface area contributed by atoms with Crippen molar-refractivity contribution >= 4 is 0 Å². The first-order chi connectivity index (χ1) is 9.68. The highest BCUT2D eigenvalue weighted by Crippen LogP contribution is 2.20. The Balaban J connectivity index is 2.06.